The molecule has 1 aliphatic heterocycles. The first-order chi connectivity index (χ1) is 6.05. The van der Waals surface area contributed by atoms with Gasteiger partial charge in [0.15, 0.2) is 0 Å². The van der Waals surface area contributed by atoms with E-state index in [0.29, 0.717) is 0 Å². The van der Waals surface area contributed by atoms with Crippen LogP contribution < -0.4 is 0 Å². The summed E-state index contributed by atoms with van der Waals surface area (Å²) in [6.07, 6.45) is 3.82. The van der Waals surface area contributed by atoms with Crippen molar-refractivity contribution in [3.8, 4) is 0 Å². The van der Waals surface area contributed by atoms with Gasteiger partial charge < -0.3 is 4.90 Å². The Bertz CT molecular complexity index is 192. The average molecular weight is 197 g/mol. The summed E-state index contributed by atoms with van der Waals surface area (Å²) in [7, 11) is -0.887. The Morgan fingerprint density at radius 3 is 2.46 bits per heavy atom. The molecule has 13 heavy (non-hydrogen) atoms. The first-order valence-electron chi connectivity index (χ1n) is 5.47. The molecular weight excluding hydrogens is 174 g/mol. The van der Waals surface area contributed by atoms with Crippen LogP contribution in [-0.2, 0) is 0 Å². The monoisotopic (exact) mass is 197 g/mol. The highest BCUT2D eigenvalue weighted by molar-refractivity contribution is 6.77. The van der Waals surface area contributed by atoms with Gasteiger partial charge >= 0.3 is 0 Å². The molecule has 76 valence electrons. The maximum Gasteiger partial charge on any atom is 0.0511 e. The van der Waals surface area contributed by atoms with Crippen molar-refractivity contribution in [1.82, 2.24) is 4.90 Å². The molecule has 0 unspecified atom stereocenters. The van der Waals surface area contributed by atoms with Gasteiger partial charge in [-0.05, 0) is 13.0 Å². The summed E-state index contributed by atoms with van der Waals surface area (Å²) in [4.78, 5) is 2.44. The zero-order valence-electron chi connectivity index (χ0n) is 9.56. The van der Waals surface area contributed by atoms with Crippen molar-refractivity contribution >= 4 is 8.07 Å². The fraction of sp³-hybridized carbons (Fsp3) is 0.818. The van der Waals surface area contributed by atoms with Gasteiger partial charge in [0.05, 0.1) is 8.07 Å². The lowest BCUT2D eigenvalue weighted by atomic mass is 10.5. The largest absolute Gasteiger partial charge is 0.372 e. The zero-order chi connectivity index (χ0) is 9.90. The van der Waals surface area contributed by atoms with Gasteiger partial charge in [-0.3, -0.25) is 0 Å². The van der Waals surface area contributed by atoms with Crippen LogP contribution in [0, 0.1) is 0 Å². The van der Waals surface area contributed by atoms with Crippen molar-refractivity contribution in [3.05, 3.63) is 11.8 Å². The van der Waals surface area contributed by atoms with Crippen molar-refractivity contribution in [2.45, 2.75) is 45.5 Å². The predicted molar refractivity (Wildman–Crippen MR) is 62.7 cm³/mol. The normalized spacial score (nSPS) is 17.8. The third-order valence-electron chi connectivity index (χ3n) is 2.82. The summed E-state index contributed by atoms with van der Waals surface area (Å²) in [6, 6.07) is 2.83. The van der Waals surface area contributed by atoms with Gasteiger partial charge in [-0.2, -0.15) is 0 Å². The molecule has 0 N–H and O–H groups in total. The average Bonchev–Trinajstić information content (AvgIpc) is 2.82. The van der Waals surface area contributed by atoms with E-state index >= 15 is 0 Å². The van der Waals surface area contributed by atoms with Crippen molar-refractivity contribution in [2.24, 2.45) is 0 Å². The molecule has 0 saturated carbocycles. The molecular formula is C11H23NSi. The lowest BCUT2D eigenvalue weighted by Gasteiger charge is -2.19. The fourth-order valence-corrected chi connectivity index (χ4v) is 4.14. The Morgan fingerprint density at radius 1 is 1.38 bits per heavy atom. The van der Waals surface area contributed by atoms with Crippen molar-refractivity contribution in [3.63, 3.8) is 0 Å². The van der Waals surface area contributed by atoms with Crippen molar-refractivity contribution < 1.29 is 0 Å². The summed E-state index contributed by atoms with van der Waals surface area (Å²) in [5.74, 6) is 0. The number of hydrogen-bond donors (Lipinski definition) is 0. The summed E-state index contributed by atoms with van der Waals surface area (Å²) in [5.41, 5.74) is 1.51. The Balaban J connectivity index is 2.33. The topological polar surface area (TPSA) is 3.01 Å². The minimum atomic E-state index is -0.887. The molecule has 1 aliphatic rings. The van der Waals surface area contributed by atoms with E-state index in [1.54, 1.807) is 0 Å². The highest BCUT2D eigenvalue weighted by Gasteiger charge is 2.20. The van der Waals surface area contributed by atoms with Crippen LogP contribution in [0.15, 0.2) is 11.8 Å². The van der Waals surface area contributed by atoms with Crippen LogP contribution in [0.25, 0.3) is 0 Å². The van der Waals surface area contributed by atoms with Crippen LogP contribution in [0.4, 0.5) is 0 Å². The molecule has 1 fully saturated rings. The minimum Gasteiger partial charge on any atom is -0.372 e. The third-order valence-corrected chi connectivity index (χ3v) is 5.99. The van der Waals surface area contributed by atoms with Gasteiger partial charge in [-0.25, -0.2) is 0 Å². The van der Waals surface area contributed by atoms with Crippen LogP contribution in [0.5, 0.6) is 0 Å². The van der Waals surface area contributed by atoms with E-state index in [1.165, 1.54) is 37.3 Å². The summed E-state index contributed by atoms with van der Waals surface area (Å²) >= 11 is 0. The molecule has 0 spiro atoms. The van der Waals surface area contributed by atoms with E-state index in [1.807, 2.05) is 0 Å². The molecule has 2 heteroatoms. The van der Waals surface area contributed by atoms with E-state index in [2.05, 4.69) is 37.9 Å². The molecule has 0 aliphatic carbocycles. The molecule has 0 radical (unpaired) electrons. The molecule has 0 aromatic rings. The van der Waals surface area contributed by atoms with E-state index in [4.69, 9.17) is 0 Å². The second-order valence-corrected chi connectivity index (χ2v) is 10.2. The van der Waals surface area contributed by atoms with Gasteiger partial charge in [0.1, 0.15) is 0 Å². The Hall–Kier alpha value is -0.243. The van der Waals surface area contributed by atoms with Crippen molar-refractivity contribution in [2.75, 3.05) is 13.1 Å². The van der Waals surface area contributed by atoms with E-state index in [0.717, 1.165) is 0 Å². The van der Waals surface area contributed by atoms with E-state index in [-0.39, 0.29) is 0 Å². The predicted octanol–water partition coefficient (Wildman–Crippen LogP) is 3.32. The van der Waals surface area contributed by atoms with Gasteiger partial charge in [0, 0.05) is 18.8 Å². The first-order valence-corrected chi connectivity index (χ1v) is 8.88. The van der Waals surface area contributed by atoms with Crippen LogP contribution in [0.1, 0.15) is 20.3 Å². The molecule has 0 amide bonds. The summed E-state index contributed by atoms with van der Waals surface area (Å²) in [6.45, 7) is 12.1. The van der Waals surface area contributed by atoms with Gasteiger partial charge in [-0.1, -0.05) is 38.6 Å². The number of nitrogens with zero attached hydrogens (tertiary/aromatic N) is 1. The Morgan fingerprint density at radius 2 is 2.00 bits per heavy atom. The van der Waals surface area contributed by atoms with E-state index < -0.39 is 8.07 Å². The Kier molecular flexibility index (Phi) is 3.60. The molecule has 0 bridgehead atoms. The fourth-order valence-electron chi connectivity index (χ4n) is 1.73. The standard InChI is InChI=1S/C11H23NSi/c1-5-9-13(3,4)10-6-11(2)12-7-8-12/h6H,5,7-10H2,1-4H3/b11-6-. The molecule has 1 heterocycles. The molecule has 0 aromatic carbocycles. The van der Waals surface area contributed by atoms with Crippen molar-refractivity contribution in [1.29, 1.82) is 0 Å². The lowest BCUT2D eigenvalue weighted by Crippen LogP contribution is -2.23. The van der Waals surface area contributed by atoms with E-state index in [9.17, 15) is 0 Å². The highest BCUT2D eigenvalue weighted by Crippen LogP contribution is 2.21. The minimum absolute atomic E-state index is 0.887. The molecule has 1 rings (SSSR count). The lowest BCUT2D eigenvalue weighted by molar-refractivity contribution is 0.696. The van der Waals surface area contributed by atoms with Crippen LogP contribution in [0.3, 0.4) is 0 Å². The highest BCUT2D eigenvalue weighted by atomic mass is 28.3. The maximum atomic E-state index is 2.50. The van der Waals surface area contributed by atoms with Gasteiger partial charge in [-0.15, -0.1) is 0 Å². The summed E-state index contributed by atoms with van der Waals surface area (Å²) < 4.78 is 0. The first kappa shape index (κ1) is 10.8. The molecule has 0 aromatic heterocycles. The van der Waals surface area contributed by atoms with Gasteiger partial charge in [0.2, 0.25) is 0 Å². The quantitative estimate of drug-likeness (QED) is 0.482. The number of rotatable bonds is 5. The smallest absolute Gasteiger partial charge is 0.0511 e. The second kappa shape index (κ2) is 4.31. The summed E-state index contributed by atoms with van der Waals surface area (Å²) in [5, 5.41) is 0. The Labute approximate surface area is 83.8 Å². The maximum absolute atomic E-state index is 2.50. The second-order valence-electron chi connectivity index (χ2n) is 4.95. The van der Waals surface area contributed by atoms with Crippen LogP contribution in [-0.4, -0.2) is 26.1 Å². The van der Waals surface area contributed by atoms with Gasteiger partial charge in [0.25, 0.3) is 0 Å². The SMILES string of the molecule is CCC[Si](C)(C)C/C=C(/C)N1CC1. The van der Waals surface area contributed by atoms with Crippen LogP contribution in [0.2, 0.25) is 25.2 Å². The number of allylic oxidation sites excluding steroid dienone is 2. The molecule has 0 atom stereocenters. The third kappa shape index (κ3) is 3.99. The zero-order valence-corrected chi connectivity index (χ0v) is 10.6. The molecule has 1 nitrogen and oxygen atoms in total. The number of hydrogen-bond acceptors (Lipinski definition) is 1. The molecule has 1 saturated heterocycles. The van der Waals surface area contributed by atoms with Crippen LogP contribution >= 0.6 is 0 Å².